The fraction of sp³-hybridized carbons (Fsp3) is 0.292. The van der Waals surface area contributed by atoms with Gasteiger partial charge in [-0.25, -0.2) is 9.97 Å². The quantitative estimate of drug-likeness (QED) is 0.352. The van der Waals surface area contributed by atoms with Gasteiger partial charge in [-0.05, 0) is 43.0 Å². The van der Waals surface area contributed by atoms with E-state index in [1.165, 1.54) is 13.2 Å². The molecule has 3 heterocycles. The number of pyridine rings is 1. The van der Waals surface area contributed by atoms with Crippen LogP contribution in [0.15, 0.2) is 49.2 Å². The Morgan fingerprint density at radius 1 is 1.15 bits per heavy atom. The molecule has 170 valence electrons. The highest BCUT2D eigenvalue weighted by Gasteiger charge is 2.29. The molecule has 0 N–H and O–H groups in total. The number of ketones is 1. The molecule has 0 amide bonds. The highest BCUT2D eigenvalue weighted by atomic mass is 19.3. The van der Waals surface area contributed by atoms with Gasteiger partial charge in [0.15, 0.2) is 5.78 Å². The number of carbonyl (C=O) groups is 1. The van der Waals surface area contributed by atoms with Gasteiger partial charge >= 0.3 is 6.61 Å². The molecule has 1 aliphatic rings. The molecule has 7 nitrogen and oxygen atoms in total. The first kappa shape index (κ1) is 21.1. The Morgan fingerprint density at radius 2 is 1.94 bits per heavy atom. The van der Waals surface area contributed by atoms with Crippen molar-refractivity contribution in [3.05, 3.63) is 54.7 Å². The van der Waals surface area contributed by atoms with Crippen LogP contribution >= 0.6 is 0 Å². The highest BCUT2D eigenvalue weighted by molar-refractivity contribution is 6.02. The number of ether oxygens (including phenoxy) is 2. The number of carbonyl (C=O) groups excluding carboxylic acids is 1. The lowest BCUT2D eigenvalue weighted by Crippen LogP contribution is -2.11. The number of benzene rings is 1. The van der Waals surface area contributed by atoms with E-state index in [9.17, 15) is 13.6 Å². The summed E-state index contributed by atoms with van der Waals surface area (Å²) in [5.41, 5.74) is 3.81. The number of Topliss-reactive ketones (excluding diaryl/α,β-unsaturated/α-hetero) is 1. The maximum absolute atomic E-state index is 13.2. The number of nitrogens with zero attached hydrogens (tertiary/aromatic N) is 4. The number of halogens is 2. The van der Waals surface area contributed by atoms with E-state index in [4.69, 9.17) is 9.47 Å². The summed E-state index contributed by atoms with van der Waals surface area (Å²) in [5, 5.41) is 0. The number of hydrogen-bond acceptors (Lipinski definition) is 5. The molecule has 0 radical (unpaired) electrons. The van der Waals surface area contributed by atoms with Crippen LogP contribution in [0, 0.1) is 5.92 Å². The summed E-state index contributed by atoms with van der Waals surface area (Å²) < 4.78 is 40.4. The second-order valence-electron chi connectivity index (χ2n) is 8.18. The molecule has 0 saturated heterocycles. The molecular weight excluding hydrogens is 430 g/mol. The molecule has 5 rings (SSSR count). The third kappa shape index (κ3) is 4.06. The normalized spacial score (nSPS) is 13.6. The van der Waals surface area contributed by atoms with E-state index in [-0.39, 0.29) is 22.8 Å². The molecular formula is C24H22F2N4O3. The van der Waals surface area contributed by atoms with E-state index in [0.717, 1.165) is 24.1 Å². The number of alkyl halides is 2. The van der Waals surface area contributed by atoms with Gasteiger partial charge in [-0.2, -0.15) is 8.78 Å². The van der Waals surface area contributed by atoms with Crippen molar-refractivity contribution in [3.63, 3.8) is 0 Å². The number of aromatic nitrogens is 4. The lowest BCUT2D eigenvalue weighted by molar-refractivity contribution is -0.0502. The first-order valence-electron chi connectivity index (χ1n) is 10.6. The predicted molar refractivity (Wildman–Crippen MR) is 118 cm³/mol. The summed E-state index contributed by atoms with van der Waals surface area (Å²) in [7, 11) is 3.32. The van der Waals surface area contributed by atoms with Crippen molar-refractivity contribution in [2.75, 3.05) is 7.11 Å². The molecule has 4 aromatic rings. The van der Waals surface area contributed by atoms with Crippen molar-refractivity contribution in [2.24, 2.45) is 13.0 Å². The van der Waals surface area contributed by atoms with E-state index < -0.39 is 6.61 Å². The zero-order valence-electron chi connectivity index (χ0n) is 18.2. The van der Waals surface area contributed by atoms with Crippen molar-refractivity contribution >= 4 is 11.4 Å². The average Bonchev–Trinajstić information content (AvgIpc) is 3.33. The molecule has 0 bridgehead atoms. The van der Waals surface area contributed by atoms with Crippen molar-refractivity contribution < 1.29 is 23.0 Å². The number of fused-ring (bicyclic) bond motifs is 1. The Kier molecular flexibility index (Phi) is 5.32. The molecule has 0 aliphatic heterocycles. The van der Waals surface area contributed by atoms with Crippen LogP contribution in [0.5, 0.6) is 11.5 Å². The summed E-state index contributed by atoms with van der Waals surface area (Å²) in [6.07, 6.45) is 9.23. The van der Waals surface area contributed by atoms with Crippen LogP contribution in [0.1, 0.15) is 29.6 Å². The van der Waals surface area contributed by atoms with Gasteiger partial charge in [0.05, 0.1) is 37.2 Å². The Hall–Kier alpha value is -3.75. The summed E-state index contributed by atoms with van der Waals surface area (Å²) >= 11 is 0. The maximum atomic E-state index is 13.2. The Labute approximate surface area is 188 Å². The maximum Gasteiger partial charge on any atom is 0.387 e. The minimum absolute atomic E-state index is 0.0563. The van der Waals surface area contributed by atoms with Crippen LogP contribution in [0.2, 0.25) is 0 Å². The zero-order chi connectivity index (χ0) is 23.1. The van der Waals surface area contributed by atoms with Crippen molar-refractivity contribution in [1.29, 1.82) is 0 Å². The minimum atomic E-state index is -3.07. The number of rotatable bonds is 8. The summed E-state index contributed by atoms with van der Waals surface area (Å²) in [6, 6.07) is 6.96. The van der Waals surface area contributed by atoms with Gasteiger partial charge in [-0.15, -0.1) is 0 Å². The van der Waals surface area contributed by atoms with E-state index in [1.54, 1.807) is 24.8 Å². The number of hydrogen-bond donors (Lipinski definition) is 0. The van der Waals surface area contributed by atoms with Crippen LogP contribution in [0.3, 0.4) is 0 Å². The van der Waals surface area contributed by atoms with Gasteiger partial charge in [-0.1, -0.05) is 0 Å². The number of methoxy groups -OCH3 is 1. The average molecular weight is 452 g/mol. The predicted octanol–water partition coefficient (Wildman–Crippen LogP) is 4.99. The number of imidazole rings is 2. The summed E-state index contributed by atoms with van der Waals surface area (Å²) in [4.78, 5) is 21.5. The second kappa shape index (κ2) is 8.31. The lowest BCUT2D eigenvalue weighted by atomic mass is 10.00. The monoisotopic (exact) mass is 452 g/mol. The lowest BCUT2D eigenvalue weighted by Gasteiger charge is -2.16. The topological polar surface area (TPSA) is 70.7 Å². The van der Waals surface area contributed by atoms with Crippen molar-refractivity contribution in [2.45, 2.75) is 25.9 Å². The Balaban J connectivity index is 1.59. The third-order valence-corrected chi connectivity index (χ3v) is 5.87. The van der Waals surface area contributed by atoms with Gasteiger partial charge in [-0.3, -0.25) is 9.20 Å². The van der Waals surface area contributed by atoms with E-state index in [0.29, 0.717) is 29.2 Å². The molecule has 9 heteroatoms. The Morgan fingerprint density at radius 3 is 2.61 bits per heavy atom. The van der Waals surface area contributed by atoms with Gasteiger partial charge in [0.25, 0.3) is 0 Å². The van der Waals surface area contributed by atoms with Crippen molar-refractivity contribution in [3.8, 4) is 34.0 Å². The Bertz CT molecular complexity index is 1340. The smallest absolute Gasteiger partial charge is 0.387 e. The van der Waals surface area contributed by atoms with E-state index >= 15 is 0 Å². The van der Waals surface area contributed by atoms with E-state index in [1.807, 2.05) is 34.3 Å². The van der Waals surface area contributed by atoms with Gasteiger partial charge in [0.1, 0.15) is 22.7 Å². The number of aryl methyl sites for hydroxylation is 1. The van der Waals surface area contributed by atoms with Crippen LogP contribution in [0.25, 0.3) is 28.2 Å². The van der Waals surface area contributed by atoms with Crippen LogP contribution < -0.4 is 9.47 Å². The minimum Gasteiger partial charge on any atom is -0.496 e. The van der Waals surface area contributed by atoms with Crippen molar-refractivity contribution in [1.82, 2.24) is 18.9 Å². The molecule has 33 heavy (non-hydrogen) atoms. The molecule has 1 aliphatic carbocycles. The van der Waals surface area contributed by atoms with Crippen LogP contribution in [0.4, 0.5) is 8.78 Å². The summed E-state index contributed by atoms with van der Waals surface area (Å²) in [6.45, 7) is -3.07. The molecule has 1 fully saturated rings. The fourth-order valence-corrected chi connectivity index (χ4v) is 4.04. The molecule has 1 aromatic carbocycles. The van der Waals surface area contributed by atoms with Gasteiger partial charge < -0.3 is 14.0 Å². The van der Waals surface area contributed by atoms with Crippen LogP contribution in [-0.4, -0.2) is 38.4 Å². The second-order valence-corrected chi connectivity index (χ2v) is 8.18. The molecule has 0 spiro atoms. The zero-order valence-corrected chi connectivity index (χ0v) is 18.2. The molecule has 1 saturated carbocycles. The van der Waals surface area contributed by atoms with Gasteiger partial charge in [0, 0.05) is 30.8 Å². The molecule has 0 unspecified atom stereocenters. The summed E-state index contributed by atoms with van der Waals surface area (Å²) in [5.74, 6) is 0.0610. The first-order chi connectivity index (χ1) is 15.9. The highest BCUT2D eigenvalue weighted by Crippen LogP contribution is 2.40. The fourth-order valence-electron chi connectivity index (χ4n) is 4.04. The van der Waals surface area contributed by atoms with Crippen LogP contribution in [-0.2, 0) is 7.05 Å². The third-order valence-electron chi connectivity index (χ3n) is 5.87. The standard InChI is InChI=1S/C24H22F2N4O3/c1-29-13-27-11-17(29)15-5-6-30-18(12-28-22(30)10-15)16-8-20(32-2)23(19(31)7-14-3-4-14)21(9-16)33-24(25)26/h5-6,8-14,24H,3-4,7H2,1-2H3. The first-order valence-corrected chi connectivity index (χ1v) is 10.6. The van der Waals surface area contributed by atoms with Gasteiger partial charge in [0.2, 0.25) is 0 Å². The molecule has 0 atom stereocenters. The largest absolute Gasteiger partial charge is 0.496 e. The molecule has 3 aromatic heterocycles. The van der Waals surface area contributed by atoms with E-state index in [2.05, 4.69) is 9.97 Å². The SMILES string of the molecule is COc1cc(-c2cnc3cc(-c4cncn4C)ccn23)cc(OC(F)F)c1C(=O)CC1CC1.